The molecule has 2 heterocycles. The number of carboxylic acid groups (broad SMARTS) is 1. The summed E-state index contributed by atoms with van der Waals surface area (Å²) in [6.07, 6.45) is 5.84. The number of hydrogen-bond donors (Lipinski definition) is 1. The van der Waals surface area contributed by atoms with Crippen LogP contribution in [0.1, 0.15) is 45.4 Å². The van der Waals surface area contributed by atoms with Gasteiger partial charge in [-0.3, -0.25) is 14.5 Å². The molecule has 20 heavy (non-hydrogen) atoms. The Morgan fingerprint density at radius 2 is 1.80 bits per heavy atom. The van der Waals surface area contributed by atoms with Gasteiger partial charge >= 0.3 is 5.97 Å². The average molecular weight is 282 g/mol. The smallest absolute Gasteiger partial charge is 0.306 e. The van der Waals surface area contributed by atoms with Crippen LogP contribution in [0.15, 0.2) is 0 Å². The zero-order valence-electron chi connectivity index (χ0n) is 12.4. The van der Waals surface area contributed by atoms with Crippen LogP contribution in [0.3, 0.4) is 0 Å². The third-order valence-electron chi connectivity index (χ3n) is 4.71. The highest BCUT2D eigenvalue weighted by Gasteiger charge is 2.29. The lowest BCUT2D eigenvalue weighted by Crippen LogP contribution is -2.49. The Morgan fingerprint density at radius 3 is 2.40 bits per heavy atom. The van der Waals surface area contributed by atoms with Gasteiger partial charge in [0.1, 0.15) is 0 Å². The van der Waals surface area contributed by atoms with Crippen molar-refractivity contribution in [3.8, 4) is 0 Å². The van der Waals surface area contributed by atoms with Gasteiger partial charge < -0.3 is 10.0 Å². The van der Waals surface area contributed by atoms with Gasteiger partial charge in [0, 0.05) is 12.6 Å². The van der Waals surface area contributed by atoms with Crippen molar-refractivity contribution in [2.75, 3.05) is 26.2 Å². The summed E-state index contributed by atoms with van der Waals surface area (Å²) in [7, 11) is 0. The maximum atomic E-state index is 12.4. The molecule has 0 aliphatic carbocycles. The van der Waals surface area contributed by atoms with Gasteiger partial charge in [0.05, 0.1) is 12.5 Å². The van der Waals surface area contributed by atoms with Crippen LogP contribution in [0.5, 0.6) is 0 Å². The highest BCUT2D eigenvalue weighted by Crippen LogP contribution is 2.21. The second-order valence-electron chi connectivity index (χ2n) is 6.03. The zero-order valence-corrected chi connectivity index (χ0v) is 12.4. The molecule has 2 saturated heterocycles. The third-order valence-corrected chi connectivity index (χ3v) is 4.71. The summed E-state index contributed by atoms with van der Waals surface area (Å²) in [5, 5.41) is 8.98. The SMILES string of the molecule is CCC1CCCCN1C(=O)CN1CCC(C(=O)O)CC1. The van der Waals surface area contributed by atoms with Crippen molar-refractivity contribution in [2.24, 2.45) is 5.92 Å². The van der Waals surface area contributed by atoms with Crippen molar-refractivity contribution >= 4 is 11.9 Å². The van der Waals surface area contributed by atoms with E-state index in [1.807, 2.05) is 4.90 Å². The molecule has 0 saturated carbocycles. The second kappa shape index (κ2) is 7.07. The number of hydrogen-bond acceptors (Lipinski definition) is 3. The number of piperidine rings is 2. The molecule has 1 N–H and O–H groups in total. The number of amides is 1. The lowest BCUT2D eigenvalue weighted by Gasteiger charge is -2.37. The van der Waals surface area contributed by atoms with E-state index < -0.39 is 5.97 Å². The fourth-order valence-electron chi connectivity index (χ4n) is 3.37. The molecule has 1 unspecified atom stereocenters. The number of nitrogens with zero attached hydrogens (tertiary/aromatic N) is 2. The third kappa shape index (κ3) is 3.72. The highest BCUT2D eigenvalue weighted by molar-refractivity contribution is 5.78. The van der Waals surface area contributed by atoms with Crippen molar-refractivity contribution in [3.05, 3.63) is 0 Å². The van der Waals surface area contributed by atoms with Crippen LogP contribution in [0, 0.1) is 5.92 Å². The Balaban J connectivity index is 1.81. The standard InChI is InChI=1S/C15H26N2O3/c1-2-13-5-3-4-8-17(13)14(18)11-16-9-6-12(7-10-16)15(19)20/h12-13H,2-11H2,1H3,(H,19,20). The molecule has 2 rings (SSSR count). The van der Waals surface area contributed by atoms with Crippen LogP contribution < -0.4 is 0 Å². The molecule has 5 heteroatoms. The molecule has 2 fully saturated rings. The summed E-state index contributed by atoms with van der Waals surface area (Å²) < 4.78 is 0. The van der Waals surface area contributed by atoms with Crippen LogP contribution >= 0.6 is 0 Å². The molecular weight excluding hydrogens is 256 g/mol. The van der Waals surface area contributed by atoms with Crippen molar-refractivity contribution in [1.29, 1.82) is 0 Å². The molecular formula is C15H26N2O3. The Labute approximate surface area is 120 Å². The molecule has 2 aliphatic heterocycles. The Bertz CT molecular complexity index is 351. The van der Waals surface area contributed by atoms with Crippen LogP contribution in [0.25, 0.3) is 0 Å². The van der Waals surface area contributed by atoms with E-state index in [1.165, 1.54) is 6.42 Å². The largest absolute Gasteiger partial charge is 0.481 e. The normalized spacial score (nSPS) is 25.6. The van der Waals surface area contributed by atoms with Crippen LogP contribution in [-0.2, 0) is 9.59 Å². The molecule has 0 aromatic carbocycles. The fourth-order valence-corrected chi connectivity index (χ4v) is 3.37. The van der Waals surface area contributed by atoms with Crippen molar-refractivity contribution in [2.45, 2.75) is 51.5 Å². The highest BCUT2D eigenvalue weighted by atomic mass is 16.4. The molecule has 114 valence electrons. The maximum absolute atomic E-state index is 12.4. The summed E-state index contributed by atoms with van der Waals surface area (Å²) in [6.45, 7) is 4.96. The molecule has 1 atom stereocenters. The number of likely N-dealkylation sites (tertiary alicyclic amines) is 2. The van der Waals surface area contributed by atoms with Gasteiger partial charge in [-0.1, -0.05) is 6.92 Å². The molecule has 0 aromatic heterocycles. The number of aliphatic carboxylic acids is 1. The van der Waals surface area contributed by atoms with Crippen LogP contribution in [0.2, 0.25) is 0 Å². The van der Waals surface area contributed by atoms with Gasteiger partial charge in [-0.2, -0.15) is 0 Å². The number of carboxylic acids is 1. The minimum absolute atomic E-state index is 0.222. The Hall–Kier alpha value is -1.10. The van der Waals surface area contributed by atoms with Gasteiger partial charge in [0.15, 0.2) is 0 Å². The first-order valence-electron chi connectivity index (χ1n) is 7.86. The average Bonchev–Trinajstić information content (AvgIpc) is 2.47. The van der Waals surface area contributed by atoms with Gasteiger partial charge in [0.2, 0.25) is 5.91 Å². The summed E-state index contributed by atoms with van der Waals surface area (Å²) in [5.74, 6) is -0.692. The first-order chi connectivity index (χ1) is 9.61. The van der Waals surface area contributed by atoms with E-state index in [-0.39, 0.29) is 11.8 Å². The predicted molar refractivity (Wildman–Crippen MR) is 76.4 cm³/mol. The predicted octanol–water partition coefficient (Wildman–Crippen LogP) is 1.57. The van der Waals surface area contributed by atoms with Crippen LogP contribution in [-0.4, -0.2) is 59.0 Å². The fraction of sp³-hybridized carbons (Fsp3) is 0.867. The van der Waals surface area contributed by atoms with Crippen molar-refractivity contribution < 1.29 is 14.7 Å². The molecule has 5 nitrogen and oxygen atoms in total. The summed E-state index contributed by atoms with van der Waals surface area (Å²) >= 11 is 0. The minimum Gasteiger partial charge on any atom is -0.481 e. The molecule has 1 amide bonds. The Morgan fingerprint density at radius 1 is 1.10 bits per heavy atom. The summed E-state index contributed by atoms with van der Waals surface area (Å²) in [5.41, 5.74) is 0. The number of carbonyl (C=O) groups excluding carboxylic acids is 1. The van der Waals surface area contributed by atoms with Gasteiger partial charge in [-0.05, 0) is 51.6 Å². The number of rotatable bonds is 4. The summed E-state index contributed by atoms with van der Waals surface area (Å²) in [4.78, 5) is 27.5. The quantitative estimate of drug-likeness (QED) is 0.850. The first-order valence-corrected chi connectivity index (χ1v) is 7.86. The van der Waals surface area contributed by atoms with E-state index in [1.54, 1.807) is 0 Å². The molecule has 0 radical (unpaired) electrons. The van der Waals surface area contributed by atoms with E-state index in [0.29, 0.717) is 25.4 Å². The molecule has 2 aliphatic rings. The van der Waals surface area contributed by atoms with E-state index in [0.717, 1.165) is 38.9 Å². The lowest BCUT2D eigenvalue weighted by atomic mass is 9.97. The van der Waals surface area contributed by atoms with Gasteiger partial charge in [-0.15, -0.1) is 0 Å². The molecule has 0 aromatic rings. The van der Waals surface area contributed by atoms with Gasteiger partial charge in [0.25, 0.3) is 0 Å². The van der Waals surface area contributed by atoms with E-state index in [2.05, 4.69) is 11.8 Å². The lowest BCUT2D eigenvalue weighted by molar-refractivity contribution is -0.143. The maximum Gasteiger partial charge on any atom is 0.306 e. The van der Waals surface area contributed by atoms with Crippen molar-refractivity contribution in [3.63, 3.8) is 0 Å². The monoisotopic (exact) mass is 282 g/mol. The van der Waals surface area contributed by atoms with E-state index >= 15 is 0 Å². The zero-order chi connectivity index (χ0) is 14.5. The van der Waals surface area contributed by atoms with Crippen LogP contribution in [0.4, 0.5) is 0 Å². The molecule has 0 spiro atoms. The van der Waals surface area contributed by atoms with E-state index in [9.17, 15) is 9.59 Å². The Kier molecular flexibility index (Phi) is 5.40. The van der Waals surface area contributed by atoms with Gasteiger partial charge in [-0.25, -0.2) is 0 Å². The second-order valence-corrected chi connectivity index (χ2v) is 6.03. The topological polar surface area (TPSA) is 60.9 Å². The summed E-state index contributed by atoms with van der Waals surface area (Å²) in [6, 6.07) is 0.410. The molecule has 0 bridgehead atoms. The first kappa shape index (κ1) is 15.3. The number of carbonyl (C=O) groups is 2. The van der Waals surface area contributed by atoms with Crippen molar-refractivity contribution in [1.82, 2.24) is 9.80 Å². The van der Waals surface area contributed by atoms with E-state index in [4.69, 9.17) is 5.11 Å². The minimum atomic E-state index is -0.696.